The number of rotatable bonds is 7. The smallest absolute Gasteiger partial charge is 0.240 e. The summed E-state index contributed by atoms with van der Waals surface area (Å²) in [5.41, 5.74) is 5.36. The van der Waals surface area contributed by atoms with Crippen LogP contribution in [0.4, 0.5) is 0 Å². The third kappa shape index (κ3) is 5.33. The third-order valence-corrected chi connectivity index (χ3v) is 4.69. The van der Waals surface area contributed by atoms with Crippen LogP contribution in [0.5, 0.6) is 5.75 Å². The Morgan fingerprint density at radius 1 is 1.07 bits per heavy atom. The highest BCUT2D eigenvalue weighted by Crippen LogP contribution is 2.22. The van der Waals surface area contributed by atoms with Crippen LogP contribution in [-0.2, 0) is 4.79 Å². The molecule has 3 aromatic rings. The molecule has 0 aromatic heterocycles. The van der Waals surface area contributed by atoms with E-state index >= 15 is 0 Å². The van der Waals surface area contributed by atoms with Gasteiger partial charge in [0.05, 0.1) is 12.3 Å². The maximum absolute atomic E-state index is 12.0. The number of hydrazone groups is 1. The Bertz CT molecular complexity index is 1010. The van der Waals surface area contributed by atoms with E-state index in [1.807, 2.05) is 44.2 Å². The molecular formula is C23H23ClN2O2. The summed E-state index contributed by atoms with van der Waals surface area (Å²) < 4.78 is 5.70. The van der Waals surface area contributed by atoms with Gasteiger partial charge in [-0.1, -0.05) is 48.0 Å². The van der Waals surface area contributed by atoms with E-state index in [1.54, 1.807) is 6.07 Å². The van der Waals surface area contributed by atoms with E-state index in [0.717, 1.165) is 28.0 Å². The summed E-state index contributed by atoms with van der Waals surface area (Å²) in [5, 5.41) is 7.24. The number of aryl methyl sites for hydroxylation is 1. The summed E-state index contributed by atoms with van der Waals surface area (Å²) >= 11 is 5.93. The Kier molecular flexibility index (Phi) is 6.66. The lowest BCUT2D eigenvalue weighted by Gasteiger charge is -2.09. The molecule has 5 heteroatoms. The summed E-state index contributed by atoms with van der Waals surface area (Å²) in [7, 11) is 0. The van der Waals surface area contributed by atoms with E-state index in [-0.39, 0.29) is 5.91 Å². The summed E-state index contributed by atoms with van der Waals surface area (Å²) in [6.45, 7) is 4.29. The average Bonchev–Trinajstić information content (AvgIpc) is 2.70. The molecule has 28 heavy (non-hydrogen) atoms. The summed E-state index contributed by atoms with van der Waals surface area (Å²) in [6, 6.07) is 19.8. The maximum Gasteiger partial charge on any atom is 0.240 e. The fourth-order valence-corrected chi connectivity index (χ4v) is 3.10. The van der Waals surface area contributed by atoms with Crippen LogP contribution in [-0.4, -0.2) is 18.2 Å². The number of hydrogen-bond donors (Lipinski definition) is 1. The molecule has 4 nitrogen and oxygen atoms in total. The minimum Gasteiger partial charge on any atom is -0.493 e. The topological polar surface area (TPSA) is 50.7 Å². The van der Waals surface area contributed by atoms with Gasteiger partial charge in [0.1, 0.15) is 5.75 Å². The number of hydrogen-bond acceptors (Lipinski definition) is 3. The highest BCUT2D eigenvalue weighted by Gasteiger charge is 2.04. The Morgan fingerprint density at radius 3 is 2.64 bits per heavy atom. The fourth-order valence-electron chi connectivity index (χ4n) is 2.87. The number of carbonyl (C=O) groups is 1. The Labute approximate surface area is 170 Å². The molecule has 0 atom stereocenters. The first-order valence-electron chi connectivity index (χ1n) is 9.24. The van der Waals surface area contributed by atoms with Crippen molar-refractivity contribution in [3.8, 4) is 5.75 Å². The summed E-state index contributed by atoms with van der Waals surface area (Å²) in [5.74, 6) is 0.659. The number of benzene rings is 3. The molecule has 0 aliphatic rings. The van der Waals surface area contributed by atoms with Gasteiger partial charge in [0.25, 0.3) is 0 Å². The van der Waals surface area contributed by atoms with Crippen molar-refractivity contribution in [1.82, 2.24) is 5.43 Å². The van der Waals surface area contributed by atoms with Gasteiger partial charge in [0.15, 0.2) is 0 Å². The predicted molar refractivity (Wildman–Crippen MR) is 115 cm³/mol. The molecule has 3 rings (SSSR count). The van der Waals surface area contributed by atoms with Gasteiger partial charge in [0.2, 0.25) is 5.91 Å². The zero-order valence-electron chi connectivity index (χ0n) is 16.0. The fraction of sp³-hybridized carbons (Fsp3) is 0.217. The molecule has 0 saturated heterocycles. The van der Waals surface area contributed by atoms with Crippen LogP contribution in [0, 0.1) is 6.92 Å². The van der Waals surface area contributed by atoms with Crippen molar-refractivity contribution in [3.63, 3.8) is 0 Å². The normalized spacial score (nSPS) is 11.5. The minimum absolute atomic E-state index is 0.128. The molecule has 3 aromatic carbocycles. The summed E-state index contributed by atoms with van der Waals surface area (Å²) in [4.78, 5) is 12.0. The lowest BCUT2D eigenvalue weighted by Crippen LogP contribution is -2.19. The van der Waals surface area contributed by atoms with Crippen LogP contribution in [0.1, 0.15) is 30.9 Å². The molecule has 0 radical (unpaired) electrons. The van der Waals surface area contributed by atoms with Crippen molar-refractivity contribution in [2.75, 3.05) is 6.61 Å². The van der Waals surface area contributed by atoms with Crippen molar-refractivity contribution in [2.45, 2.75) is 26.7 Å². The maximum atomic E-state index is 12.0. The van der Waals surface area contributed by atoms with Gasteiger partial charge in [-0.05, 0) is 66.4 Å². The second-order valence-corrected chi connectivity index (χ2v) is 7.09. The number of nitrogens with one attached hydrogen (secondary N) is 1. The first kappa shape index (κ1) is 19.9. The zero-order chi connectivity index (χ0) is 19.9. The first-order valence-corrected chi connectivity index (χ1v) is 9.62. The molecule has 0 aliphatic heterocycles. The molecule has 1 amide bonds. The SMILES string of the molecule is C/C(=N\NC(=O)CCCOc1ccc(Cl)cc1C)c1ccc2ccccc2c1. The van der Waals surface area contributed by atoms with Gasteiger partial charge in [-0.3, -0.25) is 4.79 Å². The van der Waals surface area contributed by atoms with Gasteiger partial charge < -0.3 is 4.74 Å². The number of ether oxygens (including phenoxy) is 1. The number of nitrogens with zero attached hydrogens (tertiary/aromatic N) is 1. The van der Waals surface area contributed by atoms with Crippen LogP contribution < -0.4 is 10.2 Å². The second kappa shape index (κ2) is 9.38. The van der Waals surface area contributed by atoms with E-state index in [4.69, 9.17) is 16.3 Å². The molecule has 0 fully saturated rings. The Balaban J connectivity index is 1.47. The minimum atomic E-state index is -0.128. The number of amides is 1. The van der Waals surface area contributed by atoms with Crippen molar-refractivity contribution in [1.29, 1.82) is 0 Å². The monoisotopic (exact) mass is 394 g/mol. The molecule has 0 unspecified atom stereocenters. The molecule has 0 bridgehead atoms. The van der Waals surface area contributed by atoms with E-state index in [1.165, 1.54) is 5.39 Å². The van der Waals surface area contributed by atoms with Gasteiger partial charge >= 0.3 is 0 Å². The van der Waals surface area contributed by atoms with E-state index in [0.29, 0.717) is 24.5 Å². The number of halogens is 1. The van der Waals surface area contributed by atoms with Gasteiger partial charge in [-0.2, -0.15) is 5.10 Å². The lowest BCUT2D eigenvalue weighted by atomic mass is 10.0. The van der Waals surface area contributed by atoms with Crippen molar-refractivity contribution in [2.24, 2.45) is 5.10 Å². The molecule has 144 valence electrons. The average molecular weight is 395 g/mol. The standard InChI is InChI=1S/C23H23ClN2O2/c1-16-14-21(24)11-12-22(16)28-13-5-8-23(27)26-25-17(2)19-10-9-18-6-3-4-7-20(18)15-19/h3-4,6-7,9-12,14-15H,5,8,13H2,1-2H3,(H,26,27)/b25-17+. The van der Waals surface area contributed by atoms with E-state index < -0.39 is 0 Å². The third-order valence-electron chi connectivity index (χ3n) is 4.46. The predicted octanol–water partition coefficient (Wildman–Crippen LogP) is 5.50. The number of fused-ring (bicyclic) bond motifs is 1. The van der Waals surface area contributed by atoms with Crippen LogP contribution in [0.25, 0.3) is 10.8 Å². The first-order chi connectivity index (χ1) is 13.5. The van der Waals surface area contributed by atoms with Crippen LogP contribution in [0.3, 0.4) is 0 Å². The Hall–Kier alpha value is -2.85. The van der Waals surface area contributed by atoms with E-state index in [2.05, 4.69) is 34.8 Å². The Morgan fingerprint density at radius 2 is 1.86 bits per heavy atom. The molecular weight excluding hydrogens is 372 g/mol. The molecule has 0 saturated carbocycles. The molecule has 0 aliphatic carbocycles. The molecule has 0 heterocycles. The second-order valence-electron chi connectivity index (χ2n) is 6.66. The van der Waals surface area contributed by atoms with E-state index in [9.17, 15) is 4.79 Å². The lowest BCUT2D eigenvalue weighted by molar-refractivity contribution is -0.121. The highest BCUT2D eigenvalue weighted by atomic mass is 35.5. The van der Waals surface area contributed by atoms with Crippen LogP contribution in [0.2, 0.25) is 5.02 Å². The quantitative estimate of drug-likeness (QED) is 0.326. The van der Waals surface area contributed by atoms with Crippen molar-refractivity contribution in [3.05, 3.63) is 76.8 Å². The van der Waals surface area contributed by atoms with Crippen LogP contribution >= 0.6 is 11.6 Å². The van der Waals surface area contributed by atoms with Crippen molar-refractivity contribution < 1.29 is 9.53 Å². The zero-order valence-corrected chi connectivity index (χ0v) is 16.8. The summed E-state index contributed by atoms with van der Waals surface area (Å²) in [6.07, 6.45) is 0.958. The van der Waals surface area contributed by atoms with Crippen LogP contribution in [0.15, 0.2) is 65.8 Å². The molecule has 1 N–H and O–H groups in total. The van der Waals surface area contributed by atoms with Gasteiger partial charge in [-0.15, -0.1) is 0 Å². The number of carbonyl (C=O) groups excluding carboxylic acids is 1. The highest BCUT2D eigenvalue weighted by molar-refractivity contribution is 6.30. The van der Waals surface area contributed by atoms with Gasteiger partial charge in [0, 0.05) is 11.4 Å². The largest absolute Gasteiger partial charge is 0.493 e. The van der Waals surface area contributed by atoms with Crippen molar-refractivity contribution >= 4 is 34.0 Å². The van der Waals surface area contributed by atoms with Gasteiger partial charge in [-0.25, -0.2) is 5.43 Å². The molecule has 0 spiro atoms.